The van der Waals surface area contributed by atoms with E-state index >= 15 is 0 Å². The van der Waals surface area contributed by atoms with E-state index in [0.717, 1.165) is 50.4 Å². The van der Waals surface area contributed by atoms with Gasteiger partial charge in [0, 0.05) is 68.8 Å². The molecule has 1 fully saturated rings. The van der Waals surface area contributed by atoms with Crippen LogP contribution in [0.1, 0.15) is 23.2 Å². The van der Waals surface area contributed by atoms with Gasteiger partial charge in [0.25, 0.3) is 0 Å². The predicted molar refractivity (Wildman–Crippen MR) is 129 cm³/mol. The van der Waals surface area contributed by atoms with E-state index in [-0.39, 0.29) is 11.9 Å². The van der Waals surface area contributed by atoms with Crippen molar-refractivity contribution in [3.63, 3.8) is 0 Å². The van der Waals surface area contributed by atoms with Crippen LogP contribution in [0.3, 0.4) is 0 Å². The van der Waals surface area contributed by atoms with Crippen LogP contribution in [0.5, 0.6) is 0 Å². The van der Waals surface area contributed by atoms with Gasteiger partial charge >= 0.3 is 6.03 Å². The van der Waals surface area contributed by atoms with Crippen molar-refractivity contribution < 1.29 is 9.59 Å². The van der Waals surface area contributed by atoms with Gasteiger partial charge in [-0.1, -0.05) is 48.5 Å². The first kappa shape index (κ1) is 21.5. The standard InChI is InChI=1S/C26H31N5O2/c32-25(30-16-14-29(15-17-30)18-20-6-2-1-3-7-20)10-12-27-26(33)31-13-11-22-21-8-4-5-9-23(21)28-24(22)19-31/h1-9,28H,10-19H2,(H,27,33). The summed E-state index contributed by atoms with van der Waals surface area (Å²) in [7, 11) is 0. The summed E-state index contributed by atoms with van der Waals surface area (Å²) in [5, 5.41) is 4.20. The lowest BCUT2D eigenvalue weighted by atomic mass is 10.0. The molecule has 0 saturated carbocycles. The minimum absolute atomic E-state index is 0.0974. The molecule has 5 rings (SSSR count). The summed E-state index contributed by atoms with van der Waals surface area (Å²) in [5.41, 5.74) is 4.86. The van der Waals surface area contributed by atoms with Crippen LogP contribution in [0, 0.1) is 0 Å². The zero-order chi connectivity index (χ0) is 22.6. The molecule has 3 aromatic rings. The maximum absolute atomic E-state index is 12.7. The van der Waals surface area contributed by atoms with Gasteiger partial charge in [-0.2, -0.15) is 0 Å². The lowest BCUT2D eigenvalue weighted by Crippen LogP contribution is -2.49. The number of H-pyrrole nitrogens is 1. The fourth-order valence-corrected chi connectivity index (χ4v) is 4.91. The third kappa shape index (κ3) is 4.88. The third-order valence-electron chi connectivity index (χ3n) is 6.76. The molecule has 0 radical (unpaired) electrons. The van der Waals surface area contributed by atoms with Crippen molar-refractivity contribution in [1.82, 2.24) is 25.0 Å². The highest BCUT2D eigenvalue weighted by Gasteiger charge is 2.24. The number of benzene rings is 2. The number of carbonyl (C=O) groups excluding carboxylic acids is 2. The van der Waals surface area contributed by atoms with Crippen molar-refractivity contribution in [2.45, 2.75) is 25.9 Å². The molecule has 7 nitrogen and oxygen atoms in total. The molecule has 0 aliphatic carbocycles. The first-order chi connectivity index (χ1) is 16.2. The van der Waals surface area contributed by atoms with Crippen LogP contribution in [0.4, 0.5) is 4.79 Å². The van der Waals surface area contributed by atoms with E-state index in [1.54, 1.807) is 0 Å². The van der Waals surface area contributed by atoms with Crippen LogP contribution in [0.2, 0.25) is 0 Å². The number of hydrogen-bond acceptors (Lipinski definition) is 3. The number of fused-ring (bicyclic) bond motifs is 3. The van der Waals surface area contributed by atoms with E-state index < -0.39 is 0 Å². The highest BCUT2D eigenvalue weighted by atomic mass is 16.2. The number of hydrogen-bond donors (Lipinski definition) is 2. The van der Waals surface area contributed by atoms with Gasteiger partial charge in [-0.3, -0.25) is 9.69 Å². The molecule has 1 saturated heterocycles. The summed E-state index contributed by atoms with van der Waals surface area (Å²) in [4.78, 5) is 34.9. The van der Waals surface area contributed by atoms with Crippen molar-refractivity contribution >= 4 is 22.8 Å². The van der Waals surface area contributed by atoms with Crippen molar-refractivity contribution in [2.24, 2.45) is 0 Å². The van der Waals surface area contributed by atoms with Crippen LogP contribution >= 0.6 is 0 Å². The normalized spacial score (nSPS) is 16.6. The Bertz CT molecular complexity index is 1120. The number of nitrogens with one attached hydrogen (secondary N) is 2. The number of amides is 3. The first-order valence-corrected chi connectivity index (χ1v) is 11.8. The average Bonchev–Trinajstić information content (AvgIpc) is 3.23. The molecule has 7 heteroatoms. The largest absolute Gasteiger partial charge is 0.357 e. The number of aromatic nitrogens is 1. The van der Waals surface area contributed by atoms with E-state index in [2.05, 4.69) is 57.7 Å². The molecule has 0 atom stereocenters. The first-order valence-electron chi connectivity index (χ1n) is 11.8. The molecule has 0 unspecified atom stereocenters. The van der Waals surface area contributed by atoms with Crippen LogP contribution in [0.25, 0.3) is 10.9 Å². The highest BCUT2D eigenvalue weighted by molar-refractivity contribution is 5.85. The molecule has 0 spiro atoms. The number of piperazine rings is 1. The van der Waals surface area contributed by atoms with Gasteiger partial charge in [0.2, 0.25) is 5.91 Å². The highest BCUT2D eigenvalue weighted by Crippen LogP contribution is 2.27. The van der Waals surface area contributed by atoms with Crippen molar-refractivity contribution in [1.29, 1.82) is 0 Å². The molecule has 2 N–H and O–H groups in total. The zero-order valence-corrected chi connectivity index (χ0v) is 18.9. The Morgan fingerprint density at radius 3 is 2.45 bits per heavy atom. The van der Waals surface area contributed by atoms with Crippen molar-refractivity contribution in [3.05, 3.63) is 71.4 Å². The van der Waals surface area contributed by atoms with Crippen LogP contribution in [-0.4, -0.2) is 70.9 Å². The van der Waals surface area contributed by atoms with Crippen molar-refractivity contribution in [2.75, 3.05) is 39.3 Å². The number of para-hydroxylation sites is 1. The van der Waals surface area contributed by atoms with Gasteiger partial charge < -0.3 is 20.1 Å². The second-order valence-corrected chi connectivity index (χ2v) is 8.92. The topological polar surface area (TPSA) is 71.7 Å². The zero-order valence-electron chi connectivity index (χ0n) is 18.9. The Balaban J connectivity index is 1.05. The summed E-state index contributed by atoms with van der Waals surface area (Å²) in [6.07, 6.45) is 1.19. The molecule has 1 aromatic heterocycles. The van der Waals surface area contributed by atoms with Gasteiger partial charge in [0.15, 0.2) is 0 Å². The molecule has 0 bridgehead atoms. The van der Waals surface area contributed by atoms with Crippen molar-refractivity contribution in [3.8, 4) is 0 Å². The molecule has 2 aromatic carbocycles. The fraction of sp³-hybridized carbons (Fsp3) is 0.385. The monoisotopic (exact) mass is 445 g/mol. The van der Waals surface area contributed by atoms with Gasteiger partial charge in [-0.05, 0) is 23.6 Å². The molecule has 3 heterocycles. The Labute approximate surface area is 194 Å². The van der Waals surface area contributed by atoms with E-state index in [4.69, 9.17) is 0 Å². The lowest BCUT2D eigenvalue weighted by molar-refractivity contribution is -0.132. The van der Waals surface area contributed by atoms with Gasteiger partial charge in [-0.25, -0.2) is 4.79 Å². The molecular formula is C26H31N5O2. The maximum Gasteiger partial charge on any atom is 0.317 e. The number of carbonyl (C=O) groups is 2. The summed E-state index contributed by atoms with van der Waals surface area (Å²) in [6.45, 7) is 5.82. The molecule has 2 aliphatic heterocycles. The average molecular weight is 446 g/mol. The Hall–Kier alpha value is -3.32. The summed E-state index contributed by atoms with van der Waals surface area (Å²) >= 11 is 0. The molecule has 3 amide bonds. The van der Waals surface area contributed by atoms with E-state index in [1.807, 2.05) is 21.9 Å². The van der Waals surface area contributed by atoms with Gasteiger partial charge in [0.05, 0.1) is 6.54 Å². The Kier molecular flexibility index (Phi) is 6.30. The predicted octanol–water partition coefficient (Wildman–Crippen LogP) is 2.97. The number of nitrogens with zero attached hydrogens (tertiary/aromatic N) is 3. The minimum Gasteiger partial charge on any atom is -0.357 e. The summed E-state index contributed by atoms with van der Waals surface area (Å²) in [5.74, 6) is 0.117. The van der Waals surface area contributed by atoms with Gasteiger partial charge in [0.1, 0.15) is 0 Å². The number of urea groups is 1. The second kappa shape index (κ2) is 9.67. The summed E-state index contributed by atoms with van der Waals surface area (Å²) in [6, 6.07) is 18.6. The number of rotatable bonds is 5. The molecular weight excluding hydrogens is 414 g/mol. The Morgan fingerprint density at radius 2 is 1.64 bits per heavy atom. The summed E-state index contributed by atoms with van der Waals surface area (Å²) < 4.78 is 0. The second-order valence-electron chi connectivity index (χ2n) is 8.92. The van der Waals surface area contributed by atoms with Crippen LogP contribution in [0.15, 0.2) is 54.6 Å². The number of aromatic amines is 1. The molecule has 2 aliphatic rings. The Morgan fingerprint density at radius 1 is 0.879 bits per heavy atom. The fourth-order valence-electron chi connectivity index (χ4n) is 4.91. The smallest absolute Gasteiger partial charge is 0.317 e. The maximum atomic E-state index is 12.7. The van der Waals surface area contributed by atoms with E-state index in [0.29, 0.717) is 26.1 Å². The SMILES string of the molecule is O=C(CCNC(=O)N1CCc2c([nH]c3ccccc23)C1)N1CCN(Cc2ccccc2)CC1. The molecule has 33 heavy (non-hydrogen) atoms. The quantitative estimate of drug-likeness (QED) is 0.634. The van der Waals surface area contributed by atoms with Gasteiger partial charge in [-0.15, -0.1) is 0 Å². The lowest BCUT2D eigenvalue weighted by Gasteiger charge is -2.35. The molecule has 172 valence electrons. The van der Waals surface area contributed by atoms with Crippen LogP contribution in [-0.2, 0) is 24.3 Å². The third-order valence-corrected chi connectivity index (χ3v) is 6.76. The van der Waals surface area contributed by atoms with E-state index in [1.165, 1.54) is 16.5 Å². The minimum atomic E-state index is -0.0974. The van der Waals surface area contributed by atoms with Crippen LogP contribution < -0.4 is 5.32 Å². The van der Waals surface area contributed by atoms with E-state index in [9.17, 15) is 9.59 Å².